The van der Waals surface area contributed by atoms with Gasteiger partial charge in [-0.15, -0.1) is 11.3 Å². The molecule has 1 aromatic heterocycles. The van der Waals surface area contributed by atoms with Gasteiger partial charge in [-0.05, 0) is 6.42 Å². The SMILES string of the molecule is CCc1sc(C(=O)O)nc1C(C)(C)C. The molecule has 1 aromatic rings. The minimum Gasteiger partial charge on any atom is -0.476 e. The molecule has 0 aliphatic carbocycles. The number of aromatic carboxylic acids is 1. The molecule has 1 N–H and O–H groups in total. The molecule has 0 unspecified atom stereocenters. The topological polar surface area (TPSA) is 50.2 Å². The van der Waals surface area contributed by atoms with Gasteiger partial charge in [-0.3, -0.25) is 0 Å². The van der Waals surface area contributed by atoms with Crippen molar-refractivity contribution in [3.8, 4) is 0 Å². The Bertz CT molecular complexity index is 349. The monoisotopic (exact) mass is 213 g/mol. The smallest absolute Gasteiger partial charge is 0.365 e. The summed E-state index contributed by atoms with van der Waals surface area (Å²) < 4.78 is 0. The fraction of sp³-hybridized carbons (Fsp3) is 0.600. The summed E-state index contributed by atoms with van der Waals surface area (Å²) in [5.41, 5.74) is 0.845. The normalized spacial score (nSPS) is 11.7. The number of nitrogens with zero attached hydrogens (tertiary/aromatic N) is 1. The van der Waals surface area contributed by atoms with E-state index in [9.17, 15) is 4.79 Å². The molecule has 0 aromatic carbocycles. The van der Waals surface area contributed by atoms with Crippen LogP contribution in [0.15, 0.2) is 0 Å². The lowest BCUT2D eigenvalue weighted by Gasteiger charge is -2.16. The van der Waals surface area contributed by atoms with Crippen LogP contribution in [0.2, 0.25) is 0 Å². The van der Waals surface area contributed by atoms with E-state index >= 15 is 0 Å². The molecule has 0 fully saturated rings. The summed E-state index contributed by atoms with van der Waals surface area (Å²) in [6.07, 6.45) is 0.845. The van der Waals surface area contributed by atoms with Crippen LogP contribution in [0.1, 0.15) is 48.1 Å². The number of carboxylic acids is 1. The average Bonchev–Trinajstić information content (AvgIpc) is 2.46. The van der Waals surface area contributed by atoms with E-state index in [0.717, 1.165) is 17.0 Å². The van der Waals surface area contributed by atoms with Gasteiger partial charge in [-0.1, -0.05) is 27.7 Å². The summed E-state index contributed by atoms with van der Waals surface area (Å²) in [5, 5.41) is 9.03. The van der Waals surface area contributed by atoms with Crippen molar-refractivity contribution in [3.05, 3.63) is 15.6 Å². The molecular formula is C10H15NO2S. The van der Waals surface area contributed by atoms with Crippen LogP contribution in [0, 0.1) is 0 Å². The first-order valence-corrected chi connectivity index (χ1v) is 5.41. The second kappa shape index (κ2) is 3.69. The van der Waals surface area contributed by atoms with E-state index in [4.69, 9.17) is 5.11 Å². The van der Waals surface area contributed by atoms with Gasteiger partial charge in [0.1, 0.15) is 0 Å². The summed E-state index contributed by atoms with van der Waals surface area (Å²) in [5.74, 6) is -0.930. The Morgan fingerprint density at radius 2 is 2.07 bits per heavy atom. The molecule has 4 heteroatoms. The van der Waals surface area contributed by atoms with Crippen molar-refractivity contribution < 1.29 is 9.90 Å². The molecule has 3 nitrogen and oxygen atoms in total. The Morgan fingerprint density at radius 3 is 2.36 bits per heavy atom. The quantitative estimate of drug-likeness (QED) is 0.821. The average molecular weight is 213 g/mol. The summed E-state index contributed by atoms with van der Waals surface area (Å²) in [6, 6.07) is 0. The van der Waals surface area contributed by atoms with E-state index in [1.165, 1.54) is 11.3 Å². The van der Waals surface area contributed by atoms with Crippen LogP contribution in [0.4, 0.5) is 0 Å². The molecular weight excluding hydrogens is 198 g/mol. The third-order valence-electron chi connectivity index (χ3n) is 1.91. The van der Waals surface area contributed by atoms with Crippen molar-refractivity contribution in [1.82, 2.24) is 4.98 Å². The lowest BCUT2D eigenvalue weighted by molar-refractivity contribution is 0.0696. The predicted octanol–water partition coefficient (Wildman–Crippen LogP) is 2.70. The fourth-order valence-corrected chi connectivity index (χ4v) is 2.32. The maximum absolute atomic E-state index is 10.8. The minimum atomic E-state index is -0.930. The van der Waals surface area contributed by atoms with Crippen molar-refractivity contribution in [2.45, 2.75) is 39.5 Å². The van der Waals surface area contributed by atoms with Crippen LogP contribution in [-0.4, -0.2) is 16.1 Å². The molecule has 0 atom stereocenters. The molecule has 78 valence electrons. The number of thiazole rings is 1. The zero-order valence-electron chi connectivity index (χ0n) is 8.92. The Morgan fingerprint density at radius 1 is 1.50 bits per heavy atom. The van der Waals surface area contributed by atoms with Gasteiger partial charge in [0.25, 0.3) is 0 Å². The highest BCUT2D eigenvalue weighted by molar-refractivity contribution is 7.13. The van der Waals surface area contributed by atoms with Crippen molar-refractivity contribution in [2.24, 2.45) is 0 Å². The van der Waals surface area contributed by atoms with Crippen LogP contribution >= 0.6 is 11.3 Å². The molecule has 1 heterocycles. The van der Waals surface area contributed by atoms with Gasteiger partial charge in [0.2, 0.25) is 5.01 Å². The van der Waals surface area contributed by atoms with Gasteiger partial charge >= 0.3 is 5.97 Å². The number of hydrogen-bond acceptors (Lipinski definition) is 3. The summed E-state index contributed by atoms with van der Waals surface area (Å²) in [6.45, 7) is 8.17. The Hall–Kier alpha value is -0.900. The van der Waals surface area contributed by atoms with Gasteiger partial charge in [0, 0.05) is 10.3 Å². The van der Waals surface area contributed by atoms with Crippen LogP contribution < -0.4 is 0 Å². The van der Waals surface area contributed by atoms with Gasteiger partial charge in [0.05, 0.1) is 5.69 Å². The van der Waals surface area contributed by atoms with Crippen LogP contribution in [0.3, 0.4) is 0 Å². The standard InChI is InChI=1S/C10H15NO2S/c1-5-6-7(10(2,3)4)11-8(14-6)9(12)13/h5H2,1-4H3,(H,12,13). The summed E-state index contributed by atoms with van der Waals surface area (Å²) in [4.78, 5) is 16.0. The summed E-state index contributed by atoms with van der Waals surface area (Å²) >= 11 is 1.28. The predicted molar refractivity (Wildman–Crippen MR) is 57.2 cm³/mol. The van der Waals surface area contributed by atoms with Crippen molar-refractivity contribution in [1.29, 1.82) is 0 Å². The highest BCUT2D eigenvalue weighted by Gasteiger charge is 2.24. The first-order chi connectivity index (χ1) is 6.36. The minimum absolute atomic E-state index is 0.0739. The van der Waals surface area contributed by atoms with Crippen molar-refractivity contribution >= 4 is 17.3 Å². The van der Waals surface area contributed by atoms with E-state index in [-0.39, 0.29) is 10.4 Å². The maximum atomic E-state index is 10.8. The zero-order valence-corrected chi connectivity index (χ0v) is 9.73. The molecule has 0 saturated heterocycles. The molecule has 1 rings (SSSR count). The molecule has 0 aliphatic heterocycles. The molecule has 0 aliphatic rings. The van der Waals surface area contributed by atoms with E-state index in [0.29, 0.717) is 0 Å². The number of aryl methyl sites for hydroxylation is 1. The summed E-state index contributed by atoms with van der Waals surface area (Å²) in [7, 11) is 0. The lowest BCUT2D eigenvalue weighted by Crippen LogP contribution is -2.14. The number of hydrogen-bond donors (Lipinski definition) is 1. The third kappa shape index (κ3) is 2.12. The first kappa shape index (κ1) is 11.2. The molecule has 0 radical (unpaired) electrons. The number of aromatic nitrogens is 1. The van der Waals surface area contributed by atoms with E-state index in [2.05, 4.69) is 4.98 Å². The van der Waals surface area contributed by atoms with Gasteiger partial charge < -0.3 is 5.11 Å². The molecule has 0 saturated carbocycles. The largest absolute Gasteiger partial charge is 0.476 e. The molecule has 0 spiro atoms. The van der Waals surface area contributed by atoms with Gasteiger partial charge in [-0.25, -0.2) is 9.78 Å². The second-order valence-electron chi connectivity index (χ2n) is 4.20. The second-order valence-corrected chi connectivity index (χ2v) is 5.28. The number of carbonyl (C=O) groups is 1. The Kier molecular flexibility index (Phi) is 2.95. The first-order valence-electron chi connectivity index (χ1n) is 4.59. The highest BCUT2D eigenvalue weighted by Crippen LogP contribution is 2.29. The fourth-order valence-electron chi connectivity index (χ4n) is 1.27. The molecule has 14 heavy (non-hydrogen) atoms. The van der Waals surface area contributed by atoms with Crippen LogP contribution in [-0.2, 0) is 11.8 Å². The van der Waals surface area contributed by atoms with Gasteiger partial charge in [0.15, 0.2) is 0 Å². The van der Waals surface area contributed by atoms with Crippen LogP contribution in [0.25, 0.3) is 0 Å². The third-order valence-corrected chi connectivity index (χ3v) is 3.10. The van der Waals surface area contributed by atoms with Crippen molar-refractivity contribution in [2.75, 3.05) is 0 Å². The van der Waals surface area contributed by atoms with Gasteiger partial charge in [-0.2, -0.15) is 0 Å². The lowest BCUT2D eigenvalue weighted by atomic mass is 9.91. The van der Waals surface area contributed by atoms with E-state index < -0.39 is 5.97 Å². The maximum Gasteiger partial charge on any atom is 0.365 e. The number of carboxylic acid groups (broad SMARTS) is 1. The van der Waals surface area contributed by atoms with Crippen LogP contribution in [0.5, 0.6) is 0 Å². The van der Waals surface area contributed by atoms with E-state index in [1.54, 1.807) is 0 Å². The number of rotatable bonds is 2. The Labute approximate surface area is 87.8 Å². The molecule has 0 bridgehead atoms. The molecule has 0 amide bonds. The highest BCUT2D eigenvalue weighted by atomic mass is 32.1. The Balaban J connectivity index is 3.22. The van der Waals surface area contributed by atoms with Crippen molar-refractivity contribution in [3.63, 3.8) is 0 Å². The zero-order chi connectivity index (χ0) is 10.9. The van der Waals surface area contributed by atoms with E-state index in [1.807, 2.05) is 27.7 Å².